The molecule has 0 saturated heterocycles. The number of nitrogens with one attached hydrogen (secondary N) is 1. The molecule has 1 heterocycles. The van der Waals surface area contributed by atoms with E-state index >= 15 is 0 Å². The van der Waals surface area contributed by atoms with Crippen molar-refractivity contribution in [2.45, 2.75) is 25.6 Å². The van der Waals surface area contributed by atoms with Gasteiger partial charge in [-0.3, -0.25) is 0 Å². The zero-order valence-corrected chi connectivity index (χ0v) is 15.2. The third-order valence-corrected chi connectivity index (χ3v) is 4.46. The zero-order chi connectivity index (χ0) is 18.7. The van der Waals surface area contributed by atoms with Crippen molar-refractivity contribution in [3.63, 3.8) is 0 Å². The topological polar surface area (TPSA) is 98.9 Å². The minimum atomic E-state index is -1.85. The van der Waals surface area contributed by atoms with Crippen LogP contribution in [0.5, 0.6) is 0 Å². The molecule has 132 valence electrons. The van der Waals surface area contributed by atoms with Crippen LogP contribution in [0, 0.1) is 11.3 Å². The Hall–Kier alpha value is -2.82. The van der Waals surface area contributed by atoms with Gasteiger partial charge in [-0.15, -0.1) is 10.2 Å². The molecule has 7 heteroatoms. The van der Waals surface area contributed by atoms with Gasteiger partial charge >= 0.3 is 0 Å². The molecule has 1 aromatic heterocycles. The highest BCUT2D eigenvalue weighted by Gasteiger charge is 2.12. The lowest BCUT2D eigenvalue weighted by Gasteiger charge is -2.14. The van der Waals surface area contributed by atoms with Gasteiger partial charge < -0.3 is 9.87 Å². The van der Waals surface area contributed by atoms with Crippen molar-refractivity contribution >= 4 is 27.7 Å². The predicted octanol–water partition coefficient (Wildman–Crippen LogP) is 3.71. The van der Waals surface area contributed by atoms with Crippen LogP contribution in [0.3, 0.4) is 0 Å². The Bertz CT molecular complexity index is 1010. The number of anilines is 1. The number of hydrogen-bond acceptors (Lipinski definition) is 5. The Morgan fingerprint density at radius 3 is 2.46 bits per heavy atom. The number of fused-ring (bicyclic) bond motifs is 1. The molecule has 3 aromatic rings. The largest absolute Gasteiger partial charge is 0.380 e. The maximum atomic E-state index is 10.9. The molecule has 0 fully saturated rings. The molecule has 1 unspecified atom stereocenters. The van der Waals surface area contributed by atoms with E-state index in [-0.39, 0.29) is 17.5 Å². The second-order valence-electron chi connectivity index (χ2n) is 6.23. The van der Waals surface area contributed by atoms with Crippen molar-refractivity contribution < 1.29 is 8.76 Å². The summed E-state index contributed by atoms with van der Waals surface area (Å²) in [6.07, 6.45) is 0. The molecule has 0 amide bonds. The maximum absolute atomic E-state index is 10.9. The van der Waals surface area contributed by atoms with E-state index in [0.717, 1.165) is 22.1 Å². The molecule has 0 aliphatic rings. The van der Waals surface area contributed by atoms with E-state index in [2.05, 4.69) is 21.6 Å². The number of nitrogens with zero attached hydrogens (tertiary/aromatic N) is 3. The minimum Gasteiger partial charge on any atom is -0.380 e. The predicted molar refractivity (Wildman–Crippen MR) is 103 cm³/mol. The second kappa shape index (κ2) is 7.60. The molecule has 2 N–H and O–H groups in total. The van der Waals surface area contributed by atoms with Gasteiger partial charge in [0.15, 0.2) is 16.8 Å². The highest BCUT2D eigenvalue weighted by molar-refractivity contribution is 7.78. The number of nitriles is 1. The first kappa shape index (κ1) is 18.0. The van der Waals surface area contributed by atoms with Gasteiger partial charge in [-0.2, -0.15) is 5.26 Å². The normalized spacial score (nSPS) is 12.1. The lowest BCUT2D eigenvalue weighted by atomic mass is 10.0. The first-order chi connectivity index (χ1) is 12.5. The van der Waals surface area contributed by atoms with E-state index in [4.69, 9.17) is 4.55 Å². The van der Waals surface area contributed by atoms with E-state index in [1.165, 1.54) is 0 Å². The van der Waals surface area contributed by atoms with Gasteiger partial charge in [-0.25, -0.2) is 4.21 Å². The van der Waals surface area contributed by atoms with Crippen LogP contribution in [0.1, 0.15) is 25.1 Å². The van der Waals surface area contributed by atoms with Crippen LogP contribution >= 0.6 is 0 Å². The summed E-state index contributed by atoms with van der Waals surface area (Å²) < 4.78 is 19.9. The Morgan fingerprint density at radius 2 is 1.85 bits per heavy atom. The monoisotopic (exact) mass is 366 g/mol. The molecule has 0 aliphatic heterocycles. The minimum absolute atomic E-state index is 0.113. The van der Waals surface area contributed by atoms with Crippen LogP contribution < -0.4 is 5.32 Å². The standard InChI is InChI=1S/C19H18N4O2S/c1-12(2)21-19-16-9-15(7-8-17(16)22-23-18(19)10-20)14-5-3-13(4-6-14)11-26(24)25/h3-9,12H,11H2,1-2H3,(H,21,22)(H,24,25). The lowest BCUT2D eigenvalue weighted by molar-refractivity contribution is 0.563. The first-order valence-corrected chi connectivity index (χ1v) is 9.39. The van der Waals surface area contributed by atoms with Crippen LogP contribution in [-0.2, 0) is 16.8 Å². The molecular formula is C19H18N4O2S. The quantitative estimate of drug-likeness (QED) is 0.668. The third-order valence-electron chi connectivity index (χ3n) is 3.88. The van der Waals surface area contributed by atoms with Gasteiger partial charge in [0.05, 0.1) is 17.0 Å². The molecule has 0 aliphatic carbocycles. The molecule has 0 spiro atoms. The average Bonchev–Trinajstić information content (AvgIpc) is 2.61. The van der Waals surface area contributed by atoms with Crippen molar-refractivity contribution in [1.82, 2.24) is 10.2 Å². The molecule has 6 nitrogen and oxygen atoms in total. The summed E-state index contributed by atoms with van der Waals surface area (Å²) in [5.74, 6) is 0.113. The van der Waals surface area contributed by atoms with E-state index in [1.807, 2.05) is 56.3 Å². The smallest absolute Gasteiger partial charge is 0.186 e. The van der Waals surface area contributed by atoms with Gasteiger partial charge in [-0.1, -0.05) is 30.3 Å². The Balaban J connectivity index is 2.07. The molecular weight excluding hydrogens is 348 g/mol. The Kier molecular flexibility index (Phi) is 5.26. The van der Waals surface area contributed by atoms with Gasteiger partial charge in [0.1, 0.15) is 6.07 Å². The molecule has 0 saturated carbocycles. The third kappa shape index (κ3) is 3.87. The van der Waals surface area contributed by atoms with Crippen molar-refractivity contribution in [3.05, 3.63) is 53.7 Å². The molecule has 2 aromatic carbocycles. The van der Waals surface area contributed by atoms with Crippen molar-refractivity contribution in [2.75, 3.05) is 5.32 Å². The van der Waals surface area contributed by atoms with Crippen LogP contribution in [-0.4, -0.2) is 25.0 Å². The van der Waals surface area contributed by atoms with Crippen LogP contribution in [0.2, 0.25) is 0 Å². The van der Waals surface area contributed by atoms with Gasteiger partial charge in [0, 0.05) is 11.4 Å². The Morgan fingerprint density at radius 1 is 1.15 bits per heavy atom. The number of hydrogen-bond donors (Lipinski definition) is 2. The summed E-state index contributed by atoms with van der Waals surface area (Å²) in [7, 11) is 0. The Labute approximate surface area is 154 Å². The summed E-state index contributed by atoms with van der Waals surface area (Å²) in [5, 5.41) is 21.6. The molecule has 3 rings (SSSR count). The molecule has 26 heavy (non-hydrogen) atoms. The van der Waals surface area contributed by atoms with Crippen LogP contribution in [0.25, 0.3) is 22.0 Å². The second-order valence-corrected chi connectivity index (χ2v) is 7.16. The van der Waals surface area contributed by atoms with E-state index in [9.17, 15) is 9.47 Å². The van der Waals surface area contributed by atoms with Crippen molar-refractivity contribution in [1.29, 1.82) is 5.26 Å². The zero-order valence-electron chi connectivity index (χ0n) is 14.4. The van der Waals surface area contributed by atoms with Crippen LogP contribution in [0.15, 0.2) is 42.5 Å². The molecule has 0 radical (unpaired) electrons. The van der Waals surface area contributed by atoms with Crippen molar-refractivity contribution in [3.8, 4) is 17.2 Å². The maximum Gasteiger partial charge on any atom is 0.186 e. The first-order valence-electron chi connectivity index (χ1n) is 8.12. The summed E-state index contributed by atoms with van der Waals surface area (Å²) in [4.78, 5) is 0. The summed E-state index contributed by atoms with van der Waals surface area (Å²) in [6, 6.07) is 15.6. The van der Waals surface area contributed by atoms with E-state index in [0.29, 0.717) is 11.2 Å². The van der Waals surface area contributed by atoms with Gasteiger partial charge in [-0.05, 0) is 42.7 Å². The van der Waals surface area contributed by atoms with Crippen molar-refractivity contribution in [2.24, 2.45) is 0 Å². The highest BCUT2D eigenvalue weighted by atomic mass is 32.2. The fourth-order valence-corrected chi connectivity index (χ4v) is 3.21. The van der Waals surface area contributed by atoms with Gasteiger partial charge in [0.25, 0.3) is 0 Å². The molecule has 0 bridgehead atoms. The van der Waals surface area contributed by atoms with E-state index < -0.39 is 11.1 Å². The van der Waals surface area contributed by atoms with E-state index in [1.54, 1.807) is 0 Å². The summed E-state index contributed by atoms with van der Waals surface area (Å²) in [6.45, 7) is 4.00. The fourth-order valence-electron chi connectivity index (χ4n) is 2.73. The number of rotatable bonds is 5. The SMILES string of the molecule is CC(C)Nc1c(C#N)nnc2ccc(-c3ccc(CS(=O)O)cc3)cc12. The lowest BCUT2D eigenvalue weighted by Crippen LogP contribution is -2.12. The average molecular weight is 366 g/mol. The summed E-state index contributed by atoms with van der Waals surface area (Å²) in [5.41, 5.74) is 4.41. The number of aromatic nitrogens is 2. The fraction of sp³-hybridized carbons (Fsp3) is 0.211. The van der Waals surface area contributed by atoms with Gasteiger partial charge in [0.2, 0.25) is 0 Å². The molecule has 1 atom stereocenters. The van der Waals surface area contributed by atoms with Crippen LogP contribution in [0.4, 0.5) is 5.69 Å². The summed E-state index contributed by atoms with van der Waals surface area (Å²) >= 11 is -1.85. The highest BCUT2D eigenvalue weighted by Crippen LogP contribution is 2.30. The number of benzene rings is 2.